The van der Waals surface area contributed by atoms with Crippen LogP contribution in [0, 0.1) is 12.3 Å². The summed E-state index contributed by atoms with van der Waals surface area (Å²) in [5.41, 5.74) is 4.22. The SMILES string of the molecule is Cc1cc(C(C)(C)C)ccc1NCC1(CO)CC1. The summed E-state index contributed by atoms with van der Waals surface area (Å²) in [4.78, 5) is 0. The van der Waals surface area contributed by atoms with Gasteiger partial charge in [-0.25, -0.2) is 0 Å². The number of aliphatic hydroxyl groups is 1. The minimum absolute atomic E-state index is 0.162. The molecule has 0 atom stereocenters. The van der Waals surface area contributed by atoms with Crippen molar-refractivity contribution in [2.75, 3.05) is 18.5 Å². The quantitative estimate of drug-likeness (QED) is 0.854. The van der Waals surface area contributed by atoms with Gasteiger partial charge in [0.2, 0.25) is 0 Å². The van der Waals surface area contributed by atoms with Crippen LogP contribution in [0.25, 0.3) is 0 Å². The molecule has 0 unspecified atom stereocenters. The summed E-state index contributed by atoms with van der Waals surface area (Å²) in [7, 11) is 0. The molecule has 1 aliphatic rings. The number of hydrogen-bond acceptors (Lipinski definition) is 2. The van der Waals surface area contributed by atoms with Gasteiger partial charge in [-0.3, -0.25) is 0 Å². The summed E-state index contributed by atoms with van der Waals surface area (Å²) in [6.45, 7) is 10.0. The van der Waals surface area contributed by atoms with Gasteiger partial charge in [0.15, 0.2) is 0 Å². The fourth-order valence-electron chi connectivity index (χ4n) is 2.18. The average molecular weight is 247 g/mol. The van der Waals surface area contributed by atoms with Crippen molar-refractivity contribution in [2.24, 2.45) is 5.41 Å². The van der Waals surface area contributed by atoms with E-state index in [1.807, 2.05) is 0 Å². The van der Waals surface area contributed by atoms with Crippen molar-refractivity contribution >= 4 is 5.69 Å². The summed E-state index contributed by atoms with van der Waals surface area (Å²) in [6, 6.07) is 6.64. The predicted molar refractivity (Wildman–Crippen MR) is 77.1 cm³/mol. The van der Waals surface area contributed by atoms with Gasteiger partial charge in [-0.1, -0.05) is 32.9 Å². The molecule has 18 heavy (non-hydrogen) atoms. The minimum Gasteiger partial charge on any atom is -0.396 e. The van der Waals surface area contributed by atoms with Crippen LogP contribution in [0.5, 0.6) is 0 Å². The largest absolute Gasteiger partial charge is 0.396 e. The standard InChI is InChI=1S/C16H25NO/c1-12-9-13(15(2,3)4)5-6-14(12)17-10-16(11-18)7-8-16/h5-6,9,17-18H,7-8,10-11H2,1-4H3. The molecule has 0 aliphatic heterocycles. The maximum absolute atomic E-state index is 9.31. The Kier molecular flexibility index (Phi) is 3.41. The fourth-order valence-corrected chi connectivity index (χ4v) is 2.18. The Balaban J connectivity index is 2.06. The molecule has 0 amide bonds. The van der Waals surface area contributed by atoms with E-state index < -0.39 is 0 Å². The second kappa shape index (κ2) is 4.58. The summed E-state index contributed by atoms with van der Waals surface area (Å²) in [5.74, 6) is 0. The average Bonchev–Trinajstić information content (AvgIpc) is 3.07. The van der Waals surface area contributed by atoms with Gasteiger partial charge >= 0.3 is 0 Å². The van der Waals surface area contributed by atoms with Crippen LogP contribution >= 0.6 is 0 Å². The smallest absolute Gasteiger partial charge is 0.0504 e. The topological polar surface area (TPSA) is 32.3 Å². The number of benzene rings is 1. The van der Waals surface area contributed by atoms with Gasteiger partial charge in [-0.15, -0.1) is 0 Å². The third-order valence-electron chi connectivity index (χ3n) is 4.04. The second-order valence-electron chi connectivity index (χ2n) is 6.79. The van der Waals surface area contributed by atoms with Crippen molar-refractivity contribution in [2.45, 2.75) is 46.0 Å². The highest BCUT2D eigenvalue weighted by Crippen LogP contribution is 2.45. The van der Waals surface area contributed by atoms with E-state index in [0.29, 0.717) is 6.61 Å². The normalized spacial score (nSPS) is 17.6. The first-order chi connectivity index (χ1) is 8.36. The molecule has 0 radical (unpaired) electrons. The van der Waals surface area contributed by atoms with Crippen LogP contribution in [-0.2, 0) is 5.41 Å². The monoisotopic (exact) mass is 247 g/mol. The van der Waals surface area contributed by atoms with Gasteiger partial charge in [-0.05, 0) is 42.4 Å². The molecule has 2 heteroatoms. The molecule has 0 spiro atoms. The number of aliphatic hydroxyl groups excluding tert-OH is 1. The molecule has 1 aromatic rings. The Morgan fingerprint density at radius 2 is 1.94 bits per heavy atom. The Morgan fingerprint density at radius 3 is 2.39 bits per heavy atom. The summed E-state index contributed by atoms with van der Waals surface area (Å²) < 4.78 is 0. The zero-order chi connectivity index (χ0) is 13.4. The Bertz CT molecular complexity index is 427. The number of anilines is 1. The van der Waals surface area contributed by atoms with E-state index in [2.05, 4.69) is 51.2 Å². The number of nitrogens with one attached hydrogen (secondary N) is 1. The van der Waals surface area contributed by atoms with E-state index in [4.69, 9.17) is 0 Å². The maximum atomic E-state index is 9.31. The molecule has 0 bridgehead atoms. The fraction of sp³-hybridized carbons (Fsp3) is 0.625. The minimum atomic E-state index is 0.162. The zero-order valence-corrected chi connectivity index (χ0v) is 12.0. The van der Waals surface area contributed by atoms with Crippen LogP contribution in [-0.4, -0.2) is 18.3 Å². The molecule has 1 aromatic carbocycles. The van der Waals surface area contributed by atoms with Gasteiger partial charge in [-0.2, -0.15) is 0 Å². The summed E-state index contributed by atoms with van der Waals surface area (Å²) in [6.07, 6.45) is 2.30. The highest BCUT2D eigenvalue weighted by atomic mass is 16.3. The molecule has 2 nitrogen and oxygen atoms in total. The van der Waals surface area contributed by atoms with E-state index >= 15 is 0 Å². The molecular weight excluding hydrogens is 222 g/mol. The molecule has 0 saturated heterocycles. The van der Waals surface area contributed by atoms with Gasteiger partial charge < -0.3 is 10.4 Å². The predicted octanol–water partition coefficient (Wildman–Crippen LogP) is 3.48. The highest BCUT2D eigenvalue weighted by molar-refractivity contribution is 5.53. The molecule has 2 N–H and O–H groups in total. The first-order valence-corrected chi connectivity index (χ1v) is 6.82. The third kappa shape index (κ3) is 2.86. The molecule has 0 aromatic heterocycles. The summed E-state index contributed by atoms with van der Waals surface area (Å²) >= 11 is 0. The van der Waals surface area contributed by atoms with Gasteiger partial charge in [0.1, 0.15) is 0 Å². The molecule has 1 saturated carbocycles. The van der Waals surface area contributed by atoms with E-state index in [1.54, 1.807) is 0 Å². The van der Waals surface area contributed by atoms with Crippen LogP contribution in [0.4, 0.5) is 5.69 Å². The Labute approximate surface area is 110 Å². The first kappa shape index (κ1) is 13.4. The second-order valence-corrected chi connectivity index (χ2v) is 6.79. The van der Waals surface area contributed by atoms with Crippen molar-refractivity contribution in [3.63, 3.8) is 0 Å². The Morgan fingerprint density at radius 1 is 1.28 bits per heavy atom. The van der Waals surface area contributed by atoms with Crippen LogP contribution < -0.4 is 5.32 Å². The molecular formula is C16H25NO. The van der Waals surface area contributed by atoms with Crippen molar-refractivity contribution in [3.8, 4) is 0 Å². The molecule has 0 heterocycles. The number of aryl methyl sites for hydroxylation is 1. The van der Waals surface area contributed by atoms with Gasteiger partial charge in [0.05, 0.1) is 6.61 Å². The van der Waals surface area contributed by atoms with Crippen molar-refractivity contribution < 1.29 is 5.11 Å². The van der Waals surface area contributed by atoms with E-state index in [9.17, 15) is 5.11 Å². The van der Waals surface area contributed by atoms with Crippen molar-refractivity contribution in [3.05, 3.63) is 29.3 Å². The lowest BCUT2D eigenvalue weighted by molar-refractivity contribution is 0.220. The van der Waals surface area contributed by atoms with Crippen LogP contribution in [0.15, 0.2) is 18.2 Å². The molecule has 100 valence electrons. The highest BCUT2D eigenvalue weighted by Gasteiger charge is 2.41. The Hall–Kier alpha value is -1.02. The summed E-state index contributed by atoms with van der Waals surface area (Å²) in [5, 5.41) is 12.8. The van der Waals surface area contributed by atoms with Gasteiger partial charge in [0.25, 0.3) is 0 Å². The van der Waals surface area contributed by atoms with Crippen LogP contribution in [0.1, 0.15) is 44.7 Å². The van der Waals surface area contributed by atoms with Gasteiger partial charge in [0, 0.05) is 17.6 Å². The lowest BCUT2D eigenvalue weighted by Crippen LogP contribution is -2.19. The molecule has 1 fully saturated rings. The number of rotatable bonds is 4. The van der Waals surface area contributed by atoms with Crippen molar-refractivity contribution in [1.29, 1.82) is 0 Å². The molecule has 2 rings (SSSR count). The maximum Gasteiger partial charge on any atom is 0.0504 e. The lowest BCUT2D eigenvalue weighted by atomic mass is 9.86. The molecule has 1 aliphatic carbocycles. The van der Waals surface area contributed by atoms with E-state index in [0.717, 1.165) is 19.4 Å². The third-order valence-corrected chi connectivity index (χ3v) is 4.04. The van der Waals surface area contributed by atoms with Crippen LogP contribution in [0.3, 0.4) is 0 Å². The first-order valence-electron chi connectivity index (χ1n) is 6.82. The van der Waals surface area contributed by atoms with E-state index in [1.165, 1.54) is 16.8 Å². The lowest BCUT2D eigenvalue weighted by Gasteiger charge is -2.21. The van der Waals surface area contributed by atoms with Crippen LogP contribution in [0.2, 0.25) is 0 Å². The zero-order valence-electron chi connectivity index (χ0n) is 12.0. The number of hydrogen-bond donors (Lipinski definition) is 2. The van der Waals surface area contributed by atoms with E-state index in [-0.39, 0.29) is 10.8 Å². The van der Waals surface area contributed by atoms with Crippen molar-refractivity contribution in [1.82, 2.24) is 0 Å².